The molecule has 1 heterocycles. The Balaban J connectivity index is 0.00000484. The van der Waals surface area contributed by atoms with Gasteiger partial charge in [-0.25, -0.2) is 9.28 Å². The molecule has 10 heteroatoms. The first-order valence-corrected chi connectivity index (χ1v) is 14.4. The molecule has 0 radical (unpaired) electrons. The zero-order valence-corrected chi connectivity index (χ0v) is 27.9. The predicted octanol–water partition coefficient (Wildman–Crippen LogP) is 2.13. The highest BCUT2D eigenvalue weighted by molar-refractivity contribution is 7.99. The van der Waals surface area contributed by atoms with Gasteiger partial charge in [0.2, 0.25) is 6.10 Å². The number of benzene rings is 3. The number of para-hydroxylation sites is 1. The number of ether oxygens (including phenoxy) is 4. The van der Waals surface area contributed by atoms with Crippen LogP contribution < -0.4 is 42.7 Å². The van der Waals surface area contributed by atoms with Gasteiger partial charge in [0, 0.05) is 32.1 Å². The van der Waals surface area contributed by atoms with Crippen molar-refractivity contribution in [2.24, 2.45) is 0 Å². The van der Waals surface area contributed by atoms with E-state index in [1.54, 1.807) is 33.1 Å². The molecule has 3 aromatic rings. The molecule has 226 valence electrons. The number of rotatable bonds is 11. The Labute approximate surface area is 269 Å². The second-order valence-corrected chi connectivity index (χ2v) is 11.5. The van der Waals surface area contributed by atoms with Crippen LogP contribution in [0.2, 0.25) is 0 Å². The summed E-state index contributed by atoms with van der Waals surface area (Å²) in [4.78, 5) is 29.9. The van der Waals surface area contributed by atoms with E-state index < -0.39 is 17.3 Å². The van der Waals surface area contributed by atoms with Crippen LogP contribution in [0.4, 0.5) is 5.69 Å². The van der Waals surface area contributed by atoms with Crippen LogP contribution in [-0.4, -0.2) is 77.9 Å². The molecule has 1 aliphatic rings. The third-order valence-electron chi connectivity index (χ3n) is 7.52. The van der Waals surface area contributed by atoms with Gasteiger partial charge < -0.3 is 47.8 Å². The SMILES string of the molecule is COc1ccc([C@H]2Sc3ccccc3[N+](C)(CCN(C)CCc3cc(OC)cc(OC)c3)C(=O)[C@H]2OC(C)=O)cc1.[I-]. The summed E-state index contributed by atoms with van der Waals surface area (Å²) in [5.74, 6) is 1.61. The van der Waals surface area contributed by atoms with Crippen molar-refractivity contribution in [2.45, 2.75) is 29.6 Å². The van der Waals surface area contributed by atoms with Crippen LogP contribution >= 0.6 is 11.8 Å². The molecular formula is C32H39IN2O6S. The number of carbonyl (C=O) groups is 2. The monoisotopic (exact) mass is 706 g/mol. The van der Waals surface area contributed by atoms with Crippen LogP contribution in [0.25, 0.3) is 0 Å². The van der Waals surface area contributed by atoms with E-state index in [0.29, 0.717) is 13.1 Å². The number of methoxy groups -OCH3 is 3. The van der Waals surface area contributed by atoms with Crippen LogP contribution in [0.15, 0.2) is 71.6 Å². The van der Waals surface area contributed by atoms with Crippen molar-refractivity contribution < 1.29 is 52.5 Å². The number of halogens is 1. The van der Waals surface area contributed by atoms with Crippen LogP contribution in [0.3, 0.4) is 0 Å². The molecule has 42 heavy (non-hydrogen) atoms. The standard InChI is InChI=1S/C32H39N2O6S.HI/c1-22(35)40-30-31(24-11-13-25(37-4)14-12-24)41-29-10-8-7-9-28(29)34(3,32(30)36)18-17-33(2)16-15-23-19-26(38-5)21-27(20-23)39-6;/h7-14,19-21,30-31H,15-18H2,1-6H3;1H/q+1;/p-1/t30-,31+,34?;/m0./s1. The fourth-order valence-electron chi connectivity index (χ4n) is 5.06. The Bertz CT molecular complexity index is 1350. The Morgan fingerprint density at radius 3 is 2.12 bits per heavy atom. The fourth-order valence-corrected chi connectivity index (χ4v) is 6.47. The lowest BCUT2D eigenvalue weighted by Gasteiger charge is -2.34. The highest BCUT2D eigenvalue weighted by Gasteiger charge is 2.50. The molecule has 1 unspecified atom stereocenters. The highest BCUT2D eigenvalue weighted by Crippen LogP contribution is 2.48. The van der Waals surface area contributed by atoms with Crippen molar-refractivity contribution in [3.8, 4) is 17.2 Å². The van der Waals surface area contributed by atoms with E-state index in [-0.39, 0.29) is 34.4 Å². The van der Waals surface area contributed by atoms with Crippen LogP contribution in [0.5, 0.6) is 17.2 Å². The molecule has 1 aliphatic heterocycles. The van der Waals surface area contributed by atoms with E-state index in [2.05, 4.69) is 11.9 Å². The van der Waals surface area contributed by atoms with Crippen molar-refractivity contribution in [3.05, 3.63) is 77.9 Å². The Morgan fingerprint density at radius 2 is 1.52 bits per heavy atom. The number of thioether (sulfide) groups is 1. The highest BCUT2D eigenvalue weighted by atomic mass is 127. The molecule has 0 spiro atoms. The summed E-state index contributed by atoms with van der Waals surface area (Å²) >= 11 is 1.56. The number of quaternary nitrogens is 1. The lowest BCUT2D eigenvalue weighted by molar-refractivity contribution is -0.157. The predicted molar refractivity (Wildman–Crippen MR) is 162 cm³/mol. The van der Waals surface area contributed by atoms with Crippen LogP contribution in [0.1, 0.15) is 23.3 Å². The molecule has 0 N–H and O–H groups in total. The average molecular weight is 707 g/mol. The molecule has 0 aliphatic carbocycles. The van der Waals surface area contributed by atoms with Gasteiger partial charge in [0.05, 0.1) is 38.5 Å². The summed E-state index contributed by atoms with van der Waals surface area (Å²) in [5.41, 5.74) is 2.91. The van der Waals surface area contributed by atoms with E-state index in [9.17, 15) is 9.59 Å². The minimum atomic E-state index is -0.960. The van der Waals surface area contributed by atoms with Crippen molar-refractivity contribution in [3.63, 3.8) is 0 Å². The Kier molecular flexibility index (Phi) is 12.1. The molecule has 0 bridgehead atoms. The number of fused-ring (bicyclic) bond motifs is 1. The topological polar surface area (TPSA) is 74.3 Å². The minimum Gasteiger partial charge on any atom is -1.00 e. The summed E-state index contributed by atoms with van der Waals surface area (Å²) < 4.78 is 22.0. The smallest absolute Gasteiger partial charge is 0.361 e. The largest absolute Gasteiger partial charge is 1.00 e. The molecule has 3 atom stereocenters. The van der Waals surface area contributed by atoms with E-state index in [4.69, 9.17) is 18.9 Å². The molecular weight excluding hydrogens is 667 g/mol. The van der Waals surface area contributed by atoms with Gasteiger partial charge in [-0.2, -0.15) is 0 Å². The number of hydrogen-bond acceptors (Lipinski definition) is 8. The van der Waals surface area contributed by atoms with Gasteiger partial charge in [0.25, 0.3) is 0 Å². The Hall–Kier alpha value is -2.80. The fraction of sp³-hybridized carbons (Fsp3) is 0.375. The number of carbonyl (C=O) groups excluding carboxylic acids is 2. The van der Waals surface area contributed by atoms with Crippen molar-refractivity contribution in [1.82, 2.24) is 9.38 Å². The van der Waals surface area contributed by atoms with Crippen LogP contribution in [0, 0.1) is 0 Å². The molecule has 0 aromatic heterocycles. The quantitative estimate of drug-likeness (QED) is 0.171. The maximum absolute atomic E-state index is 14.4. The van der Waals surface area contributed by atoms with E-state index in [0.717, 1.165) is 51.9 Å². The van der Waals surface area contributed by atoms with Gasteiger partial charge in [0.1, 0.15) is 23.8 Å². The molecule has 3 aromatic carbocycles. The third-order valence-corrected chi connectivity index (χ3v) is 8.89. The van der Waals surface area contributed by atoms with Gasteiger partial charge >= 0.3 is 11.9 Å². The van der Waals surface area contributed by atoms with E-state index in [1.165, 1.54) is 6.92 Å². The molecule has 4 rings (SSSR count). The minimum absolute atomic E-state index is 0. The lowest BCUT2D eigenvalue weighted by Crippen LogP contribution is -3.00. The first-order valence-electron chi connectivity index (χ1n) is 13.6. The van der Waals surface area contributed by atoms with Gasteiger partial charge in [-0.15, -0.1) is 11.8 Å². The Morgan fingerprint density at radius 1 is 0.905 bits per heavy atom. The summed E-state index contributed by atoms with van der Waals surface area (Å²) in [6.07, 6.45) is -0.165. The van der Waals surface area contributed by atoms with E-state index in [1.807, 2.05) is 73.8 Å². The molecule has 0 saturated carbocycles. The average Bonchev–Trinajstić information content (AvgIpc) is 3.08. The van der Waals surface area contributed by atoms with Crippen molar-refractivity contribution in [2.75, 3.05) is 55.1 Å². The zero-order chi connectivity index (χ0) is 29.6. The first kappa shape index (κ1) is 33.7. The maximum Gasteiger partial charge on any atom is 0.361 e. The normalized spacial score (nSPS) is 19.7. The molecule has 0 saturated heterocycles. The summed E-state index contributed by atoms with van der Waals surface area (Å²) in [6, 6.07) is 21.4. The third kappa shape index (κ3) is 7.77. The number of esters is 1. The van der Waals surface area contributed by atoms with Gasteiger partial charge in [-0.3, -0.25) is 4.79 Å². The molecule has 8 nitrogen and oxygen atoms in total. The number of amides is 1. The van der Waals surface area contributed by atoms with Crippen molar-refractivity contribution in [1.29, 1.82) is 0 Å². The van der Waals surface area contributed by atoms with Crippen LogP contribution in [-0.2, 0) is 20.7 Å². The summed E-state index contributed by atoms with van der Waals surface area (Å²) in [7, 11) is 8.88. The summed E-state index contributed by atoms with van der Waals surface area (Å²) in [5, 5.41) is -0.404. The summed E-state index contributed by atoms with van der Waals surface area (Å²) in [6.45, 7) is 3.30. The molecule has 1 amide bonds. The van der Waals surface area contributed by atoms with Gasteiger partial charge in [-0.05, 0) is 54.9 Å². The zero-order valence-electron chi connectivity index (χ0n) is 25.0. The first-order chi connectivity index (χ1) is 19.7. The number of likely N-dealkylation sites (N-methyl/N-ethyl adjacent to an activating group) is 2. The molecule has 0 fully saturated rings. The number of hydrogen-bond donors (Lipinski definition) is 0. The van der Waals surface area contributed by atoms with E-state index >= 15 is 0 Å². The van der Waals surface area contributed by atoms with Gasteiger partial charge in [-0.1, -0.05) is 24.3 Å². The lowest BCUT2D eigenvalue weighted by atomic mass is 10.0. The number of nitrogens with zero attached hydrogens (tertiary/aromatic N) is 2. The van der Waals surface area contributed by atoms with Gasteiger partial charge in [0.15, 0.2) is 5.69 Å². The second-order valence-electron chi connectivity index (χ2n) is 10.3. The maximum atomic E-state index is 14.4. The van der Waals surface area contributed by atoms with Crippen molar-refractivity contribution >= 4 is 29.3 Å². The second kappa shape index (κ2) is 15.1.